The van der Waals surface area contributed by atoms with E-state index in [4.69, 9.17) is 57.8 Å². The molecule has 0 bridgehead atoms. The summed E-state index contributed by atoms with van der Waals surface area (Å²) in [5, 5.41) is 12.5. The third kappa shape index (κ3) is 18.5. The number of H-pyrrole nitrogens is 4. The Kier molecular flexibility index (Phi) is 26.9. The number of halogens is 2. The molecule has 36 heteroatoms. The summed E-state index contributed by atoms with van der Waals surface area (Å²) in [5.41, 5.74) is 12.9. The quantitative estimate of drug-likeness (QED) is 0.0292. The predicted octanol–water partition coefficient (Wildman–Crippen LogP) is 17.9. The molecule has 12 aromatic rings. The number of methoxy groups -OCH3 is 4. The average Bonchev–Trinajstić information content (AvgIpc) is 1.57. The summed E-state index contributed by atoms with van der Waals surface area (Å²) >= 11 is 0. The molecule has 0 spiro atoms. The second kappa shape index (κ2) is 39.7. The summed E-state index contributed by atoms with van der Waals surface area (Å²) in [6, 6.07) is 30.6. The zero-order chi connectivity index (χ0) is 99.7. The molecule has 20 rings (SSSR count). The van der Waals surface area contributed by atoms with Crippen LogP contribution in [-0.2, 0) is 51.0 Å². The highest BCUT2D eigenvalue weighted by Gasteiger charge is 2.45. The molecule has 0 saturated carbocycles. The van der Waals surface area contributed by atoms with Gasteiger partial charge in [0.25, 0.3) is 0 Å². The van der Waals surface area contributed by atoms with Gasteiger partial charge in [-0.05, 0) is 223 Å². The lowest BCUT2D eigenvalue weighted by Crippen LogP contribution is -2.51. The van der Waals surface area contributed by atoms with Crippen LogP contribution in [0.1, 0.15) is 216 Å². The molecule has 12 atom stereocenters. The molecule has 14 heterocycles. The van der Waals surface area contributed by atoms with Crippen LogP contribution in [0.4, 0.5) is 28.0 Å². The van der Waals surface area contributed by atoms with Gasteiger partial charge in [0, 0.05) is 70.3 Å². The summed E-state index contributed by atoms with van der Waals surface area (Å²) in [5.74, 6) is 2.40. The molecule has 6 aromatic heterocycles. The lowest BCUT2D eigenvalue weighted by molar-refractivity contribution is -0.136. The summed E-state index contributed by atoms with van der Waals surface area (Å²) < 4.78 is 83.7. The minimum Gasteiger partial charge on any atom is -0.490 e. The van der Waals surface area contributed by atoms with Crippen LogP contribution in [0.3, 0.4) is 0 Å². The van der Waals surface area contributed by atoms with Crippen LogP contribution in [-0.4, -0.2) is 208 Å². The van der Waals surface area contributed by atoms with Crippen molar-refractivity contribution in [2.45, 2.75) is 219 Å². The van der Waals surface area contributed by atoms with Gasteiger partial charge in [0.05, 0.1) is 146 Å². The number of aromatic amines is 4. The minimum absolute atomic E-state index is 0.112. The largest absolute Gasteiger partial charge is 0.490 e. The number of fused-ring (bicyclic) bond motifs is 12. The molecule has 4 fully saturated rings. The standard InChI is InChI=1S/2C53H60FN9O8/c2*1-27(2)45(59-52(66)68-6)49(64)61-18-8-10-39(61)47-55-25-36(57-47)30-14-16-38-34(20-30)23-41-44-35(54)22-33(24-43(44)71-51(63(38)41)32-15-17-42-31(21-32)13-12-29(5)70-42)37-26-56-48(58-37)40-11-9-19-62(40)50(65)46(28(3)4)60-53(67)69-7/h2*14-17,20-29,39-40,45-46,51H,8-13,18-19H2,1-7H3,(H,55,57)(H,56,58)(H,59,66)(H,60,67)/t29?,39-,40-,45-,46-,51+;29?,39-,40-,45-,46-,51-/m00/s1. The van der Waals surface area contributed by atoms with Gasteiger partial charge in [0.1, 0.15) is 82.1 Å². The fourth-order valence-corrected chi connectivity index (χ4v) is 21.4. The van der Waals surface area contributed by atoms with E-state index in [-0.39, 0.29) is 83.7 Å². The molecule has 2 unspecified atom stereocenters. The van der Waals surface area contributed by atoms with Gasteiger partial charge in [-0.15, -0.1) is 0 Å². The minimum atomic E-state index is -0.779. The molecule has 4 saturated heterocycles. The normalized spacial score (nSPS) is 20.2. The average molecular weight is 1940 g/mol. The maximum absolute atomic E-state index is 17.0. The molecule has 8 N–H and O–H groups in total. The fraction of sp³-hybridized carbons (Fsp3) is 0.434. The summed E-state index contributed by atoms with van der Waals surface area (Å²) in [4.78, 5) is 144. The number of alkyl carbamates (subject to hydrolysis) is 4. The molecular weight excluding hydrogens is 1820 g/mol. The summed E-state index contributed by atoms with van der Waals surface area (Å²) in [7, 11) is 5.09. The zero-order valence-corrected chi connectivity index (χ0v) is 82.0. The van der Waals surface area contributed by atoms with Crippen molar-refractivity contribution in [3.05, 3.63) is 191 Å². The number of carbonyl (C=O) groups excluding carboxylic acids is 8. The van der Waals surface area contributed by atoms with Gasteiger partial charge in [-0.25, -0.2) is 47.9 Å². The van der Waals surface area contributed by atoms with E-state index in [1.807, 2.05) is 149 Å². The van der Waals surface area contributed by atoms with Crippen molar-refractivity contribution < 1.29 is 85.0 Å². The Balaban J connectivity index is 0.000000180. The Morgan fingerprint density at radius 2 is 0.669 bits per heavy atom. The number of carbonyl (C=O) groups is 8. The van der Waals surface area contributed by atoms with Crippen molar-refractivity contribution in [3.8, 4) is 90.5 Å². The van der Waals surface area contributed by atoms with Crippen molar-refractivity contribution in [1.29, 1.82) is 0 Å². The number of aryl methyl sites for hydroxylation is 2. The van der Waals surface area contributed by atoms with Crippen molar-refractivity contribution >= 4 is 69.8 Å². The molecule has 8 aliphatic rings. The van der Waals surface area contributed by atoms with Crippen LogP contribution in [0.25, 0.3) is 89.4 Å². The SMILES string of the molecule is COC(=O)N[C@H](C(=O)N1CCC[C@H]1c1ncc(-c2cc(F)c3c(c2)O[C@@H](c2ccc4c(c2)CCC(C)O4)n2c-3cc3cc(-c4cnc([C@@H]5CCCN5C(=O)[C@@H](NC(=O)OC)C(C)C)[nH]4)ccc32)[nH]1)C(C)C.COC(=O)N[C@H](C(=O)N1CCC[C@H]1c1ncc(-c2cc(F)c3c(c2)O[C@H](c2ccc4c(c2)CCC(C)O4)n2c-3cc3cc(-c4cnc([C@@H]5CCCN5C(=O)[C@@H](NC(=O)OC)C(C)C)[nH]4)ccc32)[nH]1)C(C)C. The van der Waals surface area contributed by atoms with Crippen molar-refractivity contribution in [3.63, 3.8) is 0 Å². The number of hydrogen-bond acceptors (Lipinski definition) is 20. The summed E-state index contributed by atoms with van der Waals surface area (Å²) in [6.07, 6.45) is 12.4. The fourth-order valence-electron chi connectivity index (χ4n) is 21.4. The lowest BCUT2D eigenvalue weighted by atomic mass is 9.98. The monoisotopic (exact) mass is 1940 g/mol. The first-order chi connectivity index (χ1) is 68.4. The Bertz CT molecular complexity index is 6470. The molecule has 8 amide bonds. The van der Waals surface area contributed by atoms with Crippen molar-refractivity contribution in [2.75, 3.05) is 54.6 Å². The first-order valence-corrected chi connectivity index (χ1v) is 49.1. The van der Waals surface area contributed by atoms with E-state index in [1.165, 1.54) is 40.6 Å². The number of rotatable bonds is 22. The molecule has 0 radical (unpaired) electrons. The van der Waals surface area contributed by atoms with Crippen LogP contribution in [0.2, 0.25) is 0 Å². The van der Waals surface area contributed by atoms with E-state index in [9.17, 15) is 38.4 Å². The number of likely N-dealkylation sites (tertiary alicyclic amines) is 4. The van der Waals surface area contributed by atoms with Gasteiger partial charge in [0.2, 0.25) is 36.1 Å². The zero-order valence-electron chi connectivity index (χ0n) is 82.0. The Morgan fingerprint density at radius 3 is 0.965 bits per heavy atom. The van der Waals surface area contributed by atoms with Gasteiger partial charge in [0.15, 0.2) is 0 Å². The van der Waals surface area contributed by atoms with E-state index in [0.29, 0.717) is 132 Å². The summed E-state index contributed by atoms with van der Waals surface area (Å²) in [6.45, 7) is 21.2. The third-order valence-corrected chi connectivity index (χ3v) is 28.9. The first kappa shape index (κ1) is 96.1. The number of ether oxygens (including phenoxy) is 8. The van der Waals surface area contributed by atoms with E-state index >= 15 is 8.78 Å². The van der Waals surface area contributed by atoms with Crippen LogP contribution in [0.15, 0.2) is 134 Å². The highest BCUT2D eigenvalue weighted by molar-refractivity contribution is 5.96. The molecule has 6 aromatic carbocycles. The highest BCUT2D eigenvalue weighted by Crippen LogP contribution is 2.52. The van der Waals surface area contributed by atoms with Crippen molar-refractivity contribution in [1.82, 2.24) is 89.9 Å². The van der Waals surface area contributed by atoms with Gasteiger partial charge >= 0.3 is 24.4 Å². The third-order valence-electron chi connectivity index (χ3n) is 28.9. The van der Waals surface area contributed by atoms with E-state index in [1.54, 1.807) is 44.4 Å². The molecule has 8 aliphatic heterocycles. The van der Waals surface area contributed by atoms with E-state index in [0.717, 1.165) is 129 Å². The van der Waals surface area contributed by atoms with Crippen LogP contribution < -0.4 is 40.2 Å². The number of nitrogens with one attached hydrogen (secondary N) is 8. The van der Waals surface area contributed by atoms with Gasteiger partial charge < -0.3 is 108 Å². The van der Waals surface area contributed by atoms with Gasteiger partial charge in [-0.3, -0.25) is 19.2 Å². The predicted molar refractivity (Wildman–Crippen MR) is 524 cm³/mol. The van der Waals surface area contributed by atoms with E-state index in [2.05, 4.69) is 67.2 Å². The highest BCUT2D eigenvalue weighted by atomic mass is 19.1. The number of benzene rings is 6. The number of imidazole rings is 4. The number of hydrogen-bond donors (Lipinski definition) is 8. The maximum atomic E-state index is 17.0. The van der Waals surface area contributed by atoms with Gasteiger partial charge in [-0.2, -0.15) is 0 Å². The second-order valence-corrected chi connectivity index (χ2v) is 39.5. The number of nitrogens with zero attached hydrogens (tertiary/aromatic N) is 10. The number of amides is 8. The molecule has 0 aliphatic carbocycles. The van der Waals surface area contributed by atoms with Crippen LogP contribution >= 0.6 is 0 Å². The molecule has 744 valence electrons. The van der Waals surface area contributed by atoms with E-state index < -0.39 is 72.6 Å². The Morgan fingerprint density at radius 1 is 0.366 bits per heavy atom. The lowest BCUT2D eigenvalue weighted by Gasteiger charge is -2.32. The number of aromatic nitrogens is 10. The van der Waals surface area contributed by atoms with Crippen molar-refractivity contribution in [2.24, 2.45) is 23.7 Å². The van der Waals surface area contributed by atoms with Crippen LogP contribution in [0, 0.1) is 35.3 Å². The van der Waals surface area contributed by atoms with Gasteiger partial charge in [-0.1, -0.05) is 67.5 Å². The Hall–Kier alpha value is -14.7. The maximum Gasteiger partial charge on any atom is 0.407 e. The topological polar surface area (TPSA) is 396 Å². The smallest absolute Gasteiger partial charge is 0.407 e. The Labute approximate surface area is 819 Å². The first-order valence-electron chi connectivity index (χ1n) is 49.1. The van der Waals surface area contributed by atoms with Crippen LogP contribution in [0.5, 0.6) is 23.0 Å². The molecule has 34 nitrogen and oxygen atoms in total. The second-order valence-electron chi connectivity index (χ2n) is 39.5. The molecule has 142 heavy (non-hydrogen) atoms. The molecular formula is C106H120F2N18O16.